The van der Waals surface area contributed by atoms with Gasteiger partial charge in [-0.2, -0.15) is 4.98 Å². The van der Waals surface area contributed by atoms with Gasteiger partial charge in [0.05, 0.1) is 23.3 Å². The smallest absolute Gasteiger partial charge is 0.433 e. The second kappa shape index (κ2) is 9.85. The summed E-state index contributed by atoms with van der Waals surface area (Å²) in [5.74, 6) is -3.32. The van der Waals surface area contributed by atoms with Crippen LogP contribution in [0.5, 0.6) is 0 Å². The Morgan fingerprint density at radius 3 is 2.92 bits per heavy atom. The van der Waals surface area contributed by atoms with Gasteiger partial charge in [0.15, 0.2) is 18.9 Å². The third-order valence-electron chi connectivity index (χ3n) is 5.64. The summed E-state index contributed by atoms with van der Waals surface area (Å²) >= 11 is 1.26. The third kappa shape index (κ3) is 4.49. The van der Waals surface area contributed by atoms with Crippen molar-refractivity contribution in [2.24, 2.45) is 5.16 Å². The highest BCUT2D eigenvalue weighted by atomic mass is 32.2. The Morgan fingerprint density at radius 2 is 2.21 bits per heavy atom. The van der Waals surface area contributed by atoms with E-state index >= 15 is 0 Å². The average Bonchev–Trinajstić information content (AvgIpc) is 3.55. The molecule has 5 rings (SSSR count). The molecule has 196 valence electrons. The van der Waals surface area contributed by atoms with Gasteiger partial charge in [-0.05, 0) is 6.07 Å². The number of nitrogens with one attached hydrogen (secondary N) is 2. The number of pyridine rings is 1. The van der Waals surface area contributed by atoms with Crippen LogP contribution >= 0.6 is 11.8 Å². The van der Waals surface area contributed by atoms with Crippen LogP contribution in [0.15, 0.2) is 56.2 Å². The van der Waals surface area contributed by atoms with Gasteiger partial charge in [-0.1, -0.05) is 10.3 Å². The number of furan rings is 1. The molecule has 16 nitrogen and oxygen atoms in total. The van der Waals surface area contributed by atoms with Crippen LogP contribution in [-0.2, 0) is 25.8 Å². The van der Waals surface area contributed by atoms with E-state index in [-0.39, 0.29) is 24.0 Å². The molecular weight excluding hydrogens is 524 g/mol. The average molecular weight is 542 g/mol. The van der Waals surface area contributed by atoms with Crippen molar-refractivity contribution < 1.29 is 42.6 Å². The van der Waals surface area contributed by atoms with Crippen LogP contribution < -0.4 is 26.0 Å². The molecule has 3 aromatic rings. The maximum absolute atomic E-state index is 13.0. The molecule has 4 N–H and O–H groups in total. The van der Waals surface area contributed by atoms with Crippen molar-refractivity contribution in [3.8, 4) is 0 Å². The SMILES string of the molecule is CNC(=O)ON=C(C(=O)NC1C(=O)N2C(C(=O)[O-])=C(C[n+]3ccc4occc4c3)CS[C@H]12)c1noc(N)n1. The second-order valence-electron chi connectivity index (χ2n) is 7.98. The highest BCUT2D eigenvalue weighted by molar-refractivity contribution is 8.00. The fourth-order valence-corrected chi connectivity index (χ4v) is 5.26. The Balaban J connectivity index is 1.35. The van der Waals surface area contributed by atoms with Crippen molar-refractivity contribution in [1.82, 2.24) is 25.7 Å². The number of oxime groups is 1. The molecule has 0 aromatic carbocycles. The number of hydrogen-bond donors (Lipinski definition) is 3. The van der Waals surface area contributed by atoms with Crippen LogP contribution in [0.4, 0.5) is 10.8 Å². The molecule has 1 saturated heterocycles. The maximum Gasteiger partial charge on any atom is 0.433 e. The van der Waals surface area contributed by atoms with Crippen LogP contribution in [0.2, 0.25) is 0 Å². The van der Waals surface area contributed by atoms with Crippen LogP contribution in [0.1, 0.15) is 5.82 Å². The van der Waals surface area contributed by atoms with E-state index in [0.29, 0.717) is 11.2 Å². The summed E-state index contributed by atoms with van der Waals surface area (Å²) in [4.78, 5) is 58.7. The first-order valence-electron chi connectivity index (χ1n) is 10.9. The predicted molar refractivity (Wildman–Crippen MR) is 124 cm³/mol. The number of nitrogens with zero attached hydrogens (tertiary/aromatic N) is 5. The van der Waals surface area contributed by atoms with E-state index in [9.17, 15) is 24.3 Å². The van der Waals surface area contributed by atoms with Crippen LogP contribution in [0.25, 0.3) is 11.0 Å². The Hall–Kier alpha value is -4.93. The lowest BCUT2D eigenvalue weighted by Crippen LogP contribution is -2.71. The van der Waals surface area contributed by atoms with Crippen molar-refractivity contribution in [1.29, 1.82) is 0 Å². The quantitative estimate of drug-likeness (QED) is 0.0956. The number of thioether (sulfide) groups is 1. The Kier molecular flexibility index (Phi) is 6.41. The zero-order valence-electron chi connectivity index (χ0n) is 19.4. The van der Waals surface area contributed by atoms with Gasteiger partial charge in [0.1, 0.15) is 17.0 Å². The Labute approximate surface area is 216 Å². The molecular formula is C21H18N8O8S. The molecule has 0 saturated carbocycles. The summed E-state index contributed by atoms with van der Waals surface area (Å²) < 4.78 is 11.7. The number of carbonyl (C=O) groups is 4. The van der Waals surface area contributed by atoms with Gasteiger partial charge in [0, 0.05) is 24.4 Å². The molecule has 3 amide bonds. The molecule has 0 aliphatic carbocycles. The summed E-state index contributed by atoms with van der Waals surface area (Å²) in [6.07, 6.45) is 4.09. The first-order chi connectivity index (χ1) is 18.3. The van der Waals surface area contributed by atoms with Crippen molar-refractivity contribution in [2.75, 3.05) is 18.5 Å². The molecule has 2 aliphatic rings. The molecule has 5 heterocycles. The van der Waals surface area contributed by atoms with Crippen molar-refractivity contribution in [3.05, 3.63) is 47.9 Å². The standard InChI is InChI=1S/C21H18N8O8S/c1-23-21(34)37-26-12(15-25-20(22)36-27-15)16(30)24-13-17(31)29-14(19(32)33)10(8-38-18(13)29)7-28-4-2-11-9(6-28)3-5-35-11/h2-6,13,18H,7-8H2,1H3,(H4-,22,23,24,25,27,30,32,33,34)/t13?,18-/m1/s1. The number of anilines is 1. The molecule has 0 bridgehead atoms. The number of hydrogen-bond acceptors (Lipinski definition) is 13. The minimum atomic E-state index is -1.52. The van der Waals surface area contributed by atoms with Crippen LogP contribution in [0.3, 0.4) is 0 Å². The zero-order valence-corrected chi connectivity index (χ0v) is 20.3. The fourth-order valence-electron chi connectivity index (χ4n) is 3.93. The summed E-state index contributed by atoms with van der Waals surface area (Å²) in [5, 5.41) is 23.7. The zero-order chi connectivity index (χ0) is 27.0. The predicted octanol–water partition coefficient (Wildman–Crippen LogP) is -2.15. The van der Waals surface area contributed by atoms with Crippen LogP contribution in [-0.4, -0.2) is 68.8 Å². The number of rotatable bonds is 7. The number of aliphatic carboxylic acids is 1. The molecule has 1 unspecified atom stereocenters. The monoisotopic (exact) mass is 542 g/mol. The van der Waals surface area contributed by atoms with Gasteiger partial charge in [-0.3, -0.25) is 19.3 Å². The highest BCUT2D eigenvalue weighted by Crippen LogP contribution is 2.40. The number of carboxylic acids is 1. The van der Waals surface area contributed by atoms with E-state index in [1.54, 1.807) is 35.4 Å². The summed E-state index contributed by atoms with van der Waals surface area (Å²) in [5.41, 5.74) is 5.68. The van der Waals surface area contributed by atoms with Gasteiger partial charge < -0.3 is 35.2 Å². The molecule has 38 heavy (non-hydrogen) atoms. The van der Waals surface area contributed by atoms with Crippen molar-refractivity contribution >= 4 is 58.3 Å². The highest BCUT2D eigenvalue weighted by Gasteiger charge is 2.53. The van der Waals surface area contributed by atoms with Gasteiger partial charge in [0.2, 0.25) is 11.5 Å². The number of nitrogen functional groups attached to an aromatic ring is 1. The van der Waals surface area contributed by atoms with E-state index in [4.69, 9.17) is 10.2 Å². The maximum atomic E-state index is 13.0. The number of nitrogens with two attached hydrogens (primary N) is 1. The van der Waals surface area contributed by atoms with Gasteiger partial charge in [-0.25, -0.2) is 9.36 Å². The molecule has 2 atom stereocenters. The van der Waals surface area contributed by atoms with E-state index in [0.717, 1.165) is 10.3 Å². The van der Waals surface area contributed by atoms with Gasteiger partial charge >= 0.3 is 12.1 Å². The molecule has 2 aliphatic heterocycles. The molecule has 17 heteroatoms. The third-order valence-corrected chi connectivity index (χ3v) is 6.98. The van der Waals surface area contributed by atoms with Crippen molar-refractivity contribution in [3.63, 3.8) is 0 Å². The summed E-state index contributed by atoms with van der Waals surface area (Å²) in [6.45, 7) is 0.192. The number of β-lactam (4-membered cyclic amide) rings is 1. The minimum absolute atomic E-state index is 0.192. The number of fused-ring (bicyclic) bond motifs is 2. The fraction of sp³-hybridized carbons (Fsp3) is 0.238. The topological polar surface area (TPSA) is 222 Å². The lowest BCUT2D eigenvalue weighted by atomic mass is 10.0. The van der Waals surface area contributed by atoms with E-state index in [2.05, 4.69) is 35.3 Å². The normalized spacial score (nSPS) is 19.1. The Morgan fingerprint density at radius 1 is 1.39 bits per heavy atom. The lowest BCUT2D eigenvalue weighted by molar-refractivity contribution is -0.687. The second-order valence-corrected chi connectivity index (χ2v) is 9.09. The van der Waals surface area contributed by atoms with Gasteiger partial charge in [0.25, 0.3) is 11.8 Å². The number of carbonyl (C=O) groups excluding carboxylic acids is 4. The van der Waals surface area contributed by atoms with E-state index in [1.807, 2.05) is 0 Å². The number of amides is 3. The lowest BCUT2D eigenvalue weighted by Gasteiger charge is -2.50. The first-order valence-corrected chi connectivity index (χ1v) is 11.9. The Bertz CT molecular complexity index is 1530. The van der Waals surface area contributed by atoms with Crippen LogP contribution in [0, 0.1) is 0 Å². The summed E-state index contributed by atoms with van der Waals surface area (Å²) in [6, 6.07) is 2.03. The molecule has 0 radical (unpaired) electrons. The number of aromatic nitrogens is 3. The largest absolute Gasteiger partial charge is 0.543 e. The van der Waals surface area contributed by atoms with Crippen molar-refractivity contribution in [2.45, 2.75) is 18.0 Å². The minimum Gasteiger partial charge on any atom is -0.543 e. The van der Waals surface area contributed by atoms with E-state index < -0.39 is 46.8 Å². The molecule has 0 spiro atoms. The van der Waals surface area contributed by atoms with E-state index in [1.165, 1.54) is 18.8 Å². The first kappa shape index (κ1) is 24.8. The number of carboxylic acid groups (broad SMARTS) is 1. The summed E-state index contributed by atoms with van der Waals surface area (Å²) in [7, 11) is 1.27. The molecule has 3 aromatic heterocycles. The molecule has 1 fully saturated rings. The van der Waals surface area contributed by atoms with Gasteiger partial charge in [-0.15, -0.1) is 11.8 Å².